The van der Waals surface area contributed by atoms with E-state index in [9.17, 15) is 4.79 Å². The number of hydrogen-bond acceptors (Lipinski definition) is 5. The van der Waals surface area contributed by atoms with Crippen LogP contribution in [0.4, 0.5) is 4.79 Å². The number of ether oxygens (including phenoxy) is 4. The van der Waals surface area contributed by atoms with Crippen LogP contribution in [0.1, 0.15) is 117 Å². The van der Waals surface area contributed by atoms with Gasteiger partial charge in [-0.3, -0.25) is 0 Å². The SMILES string of the molecule is C[C@@H](NC(=O)OCC(Cl)(Cl)Cl)[C@H]1CCC2C3CC=C4C[C@@H](OCCCCCCOC5CCCCO5)CC[C@]4(C)C3CC[C@@]21C. The number of fused-ring (bicyclic) bond motifs is 5. The average molecular weight is 677 g/mol. The third-order valence-corrected chi connectivity index (χ3v) is 12.6. The molecular weight excluding hydrogens is 621 g/mol. The Bertz CT molecular complexity index is 984. The maximum Gasteiger partial charge on any atom is 0.407 e. The van der Waals surface area contributed by atoms with Crippen molar-refractivity contribution in [3.63, 3.8) is 0 Å². The third-order valence-electron chi connectivity index (χ3n) is 12.3. The zero-order chi connectivity index (χ0) is 31.4. The molecule has 1 saturated heterocycles. The second-order valence-corrected chi connectivity index (χ2v) is 17.4. The lowest BCUT2D eigenvalue weighted by Gasteiger charge is -2.58. The minimum atomic E-state index is -1.60. The van der Waals surface area contributed by atoms with Crippen molar-refractivity contribution in [1.82, 2.24) is 5.32 Å². The zero-order valence-corrected chi connectivity index (χ0v) is 29.5. The first kappa shape index (κ1) is 35.1. The molecule has 252 valence electrons. The smallest absolute Gasteiger partial charge is 0.407 e. The number of hydrogen-bond donors (Lipinski definition) is 1. The summed E-state index contributed by atoms with van der Waals surface area (Å²) in [6.07, 6.45) is 20.2. The van der Waals surface area contributed by atoms with Crippen LogP contribution in [0.5, 0.6) is 0 Å². The van der Waals surface area contributed by atoms with Crippen LogP contribution in [-0.2, 0) is 18.9 Å². The number of nitrogens with one attached hydrogen (secondary N) is 1. The average Bonchev–Trinajstić information content (AvgIpc) is 3.35. The standard InChI is InChI=1S/C35H56Cl3NO5/c1-24(39-32(40)44-23-35(36,37)38)28-13-14-29-27-12-11-25-22-26(15-17-33(25,2)30(27)16-18-34(28,29)3)41-19-7-4-5-8-20-42-31-10-6-9-21-43-31/h11,24,26-31H,4-10,12-23H2,1-3H3,(H,39,40)/t24-,26+,27?,28-,29?,30?,31?,33+,34-/m1/s1. The van der Waals surface area contributed by atoms with Crippen molar-refractivity contribution < 1.29 is 23.7 Å². The number of alkyl halides is 3. The molecule has 0 bridgehead atoms. The summed E-state index contributed by atoms with van der Waals surface area (Å²) in [5.41, 5.74) is 2.19. The molecule has 4 unspecified atom stereocenters. The van der Waals surface area contributed by atoms with Gasteiger partial charge in [-0.05, 0) is 125 Å². The van der Waals surface area contributed by atoms with Gasteiger partial charge in [-0.2, -0.15) is 0 Å². The minimum absolute atomic E-state index is 0.0202. The molecule has 44 heavy (non-hydrogen) atoms. The molecule has 9 heteroatoms. The highest BCUT2D eigenvalue weighted by atomic mass is 35.6. The van der Waals surface area contributed by atoms with E-state index in [1.165, 1.54) is 64.2 Å². The molecular formula is C35H56Cl3NO5. The van der Waals surface area contributed by atoms with E-state index in [-0.39, 0.29) is 24.4 Å². The second-order valence-electron chi connectivity index (χ2n) is 14.9. The Kier molecular flexibility index (Phi) is 12.2. The van der Waals surface area contributed by atoms with Gasteiger partial charge in [0.25, 0.3) is 0 Å². The molecule has 5 rings (SSSR count). The number of unbranched alkanes of at least 4 members (excludes halogenated alkanes) is 3. The van der Waals surface area contributed by atoms with Crippen molar-refractivity contribution in [3.05, 3.63) is 11.6 Å². The molecule has 1 amide bonds. The molecule has 5 aliphatic rings. The van der Waals surface area contributed by atoms with Gasteiger partial charge in [0.15, 0.2) is 6.29 Å². The van der Waals surface area contributed by atoms with Gasteiger partial charge in [0.2, 0.25) is 3.79 Å². The molecule has 1 N–H and O–H groups in total. The summed E-state index contributed by atoms with van der Waals surface area (Å²) < 4.78 is 21.5. The third kappa shape index (κ3) is 8.42. The van der Waals surface area contributed by atoms with Gasteiger partial charge in [-0.15, -0.1) is 0 Å². The molecule has 9 atom stereocenters. The lowest BCUT2D eigenvalue weighted by Crippen LogP contribution is -2.52. The lowest BCUT2D eigenvalue weighted by molar-refractivity contribution is -0.162. The Labute approximate surface area is 281 Å². The molecule has 4 fully saturated rings. The molecule has 0 spiro atoms. The molecule has 0 aromatic heterocycles. The topological polar surface area (TPSA) is 66.0 Å². The fourth-order valence-corrected chi connectivity index (χ4v) is 10.1. The van der Waals surface area contributed by atoms with Crippen LogP contribution in [0.15, 0.2) is 11.6 Å². The van der Waals surface area contributed by atoms with Crippen LogP contribution < -0.4 is 5.32 Å². The van der Waals surface area contributed by atoms with Gasteiger partial charge in [0, 0.05) is 25.9 Å². The maximum absolute atomic E-state index is 12.4. The quantitative estimate of drug-likeness (QED) is 0.127. The summed E-state index contributed by atoms with van der Waals surface area (Å²) in [4.78, 5) is 12.4. The summed E-state index contributed by atoms with van der Waals surface area (Å²) in [7, 11) is 0. The van der Waals surface area contributed by atoms with Crippen LogP contribution in [0.3, 0.4) is 0 Å². The van der Waals surface area contributed by atoms with E-state index in [1.54, 1.807) is 5.57 Å². The molecule has 0 aromatic carbocycles. The number of carbonyl (C=O) groups is 1. The van der Waals surface area contributed by atoms with Crippen molar-refractivity contribution >= 4 is 40.9 Å². The Balaban J connectivity index is 1.05. The highest BCUT2D eigenvalue weighted by Crippen LogP contribution is 2.66. The first-order valence-electron chi connectivity index (χ1n) is 17.5. The van der Waals surface area contributed by atoms with E-state index in [0.717, 1.165) is 63.8 Å². The number of rotatable bonds is 12. The molecule has 4 aliphatic carbocycles. The van der Waals surface area contributed by atoms with Crippen LogP contribution in [0.25, 0.3) is 0 Å². The number of halogens is 3. The van der Waals surface area contributed by atoms with E-state index in [0.29, 0.717) is 23.4 Å². The second kappa shape index (κ2) is 15.3. The monoisotopic (exact) mass is 675 g/mol. The predicted molar refractivity (Wildman–Crippen MR) is 177 cm³/mol. The van der Waals surface area contributed by atoms with Crippen molar-refractivity contribution in [2.24, 2.45) is 34.5 Å². The van der Waals surface area contributed by atoms with Crippen molar-refractivity contribution in [1.29, 1.82) is 0 Å². The van der Waals surface area contributed by atoms with Crippen molar-refractivity contribution in [2.45, 2.75) is 139 Å². The summed E-state index contributed by atoms with van der Waals surface area (Å²) >= 11 is 17.3. The fourth-order valence-electron chi connectivity index (χ4n) is 9.97. The molecule has 0 aromatic rings. The van der Waals surface area contributed by atoms with E-state index in [2.05, 4.69) is 32.2 Å². The van der Waals surface area contributed by atoms with Crippen LogP contribution in [0, 0.1) is 34.5 Å². The Morgan fingerprint density at radius 2 is 1.77 bits per heavy atom. The molecule has 3 saturated carbocycles. The van der Waals surface area contributed by atoms with E-state index >= 15 is 0 Å². The minimum Gasteiger partial charge on any atom is -0.445 e. The van der Waals surface area contributed by atoms with E-state index in [4.69, 9.17) is 53.8 Å². The fraction of sp³-hybridized carbons (Fsp3) is 0.914. The van der Waals surface area contributed by atoms with Gasteiger partial charge in [0.1, 0.15) is 6.61 Å². The summed E-state index contributed by atoms with van der Waals surface area (Å²) in [6, 6.07) is 0.0202. The molecule has 1 heterocycles. The highest BCUT2D eigenvalue weighted by molar-refractivity contribution is 6.67. The zero-order valence-electron chi connectivity index (χ0n) is 27.2. The number of amides is 1. The first-order valence-corrected chi connectivity index (χ1v) is 18.7. The molecule has 1 aliphatic heterocycles. The van der Waals surface area contributed by atoms with Crippen LogP contribution in [-0.4, -0.2) is 54.7 Å². The molecule has 0 radical (unpaired) electrons. The first-order chi connectivity index (χ1) is 21.0. The summed E-state index contributed by atoms with van der Waals surface area (Å²) in [5.74, 6) is 2.59. The van der Waals surface area contributed by atoms with E-state index in [1.807, 2.05) is 0 Å². The lowest BCUT2D eigenvalue weighted by atomic mass is 9.47. The molecule has 6 nitrogen and oxygen atoms in total. The van der Waals surface area contributed by atoms with Gasteiger partial charge < -0.3 is 24.3 Å². The highest BCUT2D eigenvalue weighted by Gasteiger charge is 2.59. The van der Waals surface area contributed by atoms with Gasteiger partial charge in [-0.25, -0.2) is 4.79 Å². The van der Waals surface area contributed by atoms with E-state index < -0.39 is 9.89 Å². The number of carbonyl (C=O) groups excluding carboxylic acids is 1. The normalized spacial score (nSPS) is 37.7. The number of allylic oxidation sites excluding steroid dienone is 1. The predicted octanol–water partition coefficient (Wildman–Crippen LogP) is 9.54. The largest absolute Gasteiger partial charge is 0.445 e. The Morgan fingerprint density at radius 1 is 1.00 bits per heavy atom. The van der Waals surface area contributed by atoms with Crippen molar-refractivity contribution in [2.75, 3.05) is 26.4 Å². The Hall–Kier alpha value is -0.240. The van der Waals surface area contributed by atoms with Crippen LogP contribution >= 0.6 is 34.8 Å². The van der Waals surface area contributed by atoms with Gasteiger partial charge in [-0.1, -0.05) is 73.1 Å². The van der Waals surface area contributed by atoms with Crippen LogP contribution in [0.2, 0.25) is 0 Å². The van der Waals surface area contributed by atoms with Crippen molar-refractivity contribution in [3.8, 4) is 0 Å². The maximum atomic E-state index is 12.4. The van der Waals surface area contributed by atoms with Gasteiger partial charge in [0.05, 0.1) is 6.10 Å². The number of alkyl carbamates (subject to hydrolysis) is 1. The summed E-state index contributed by atoms with van der Waals surface area (Å²) in [6.45, 7) is 9.45. The Morgan fingerprint density at radius 3 is 2.50 bits per heavy atom. The van der Waals surface area contributed by atoms with Gasteiger partial charge >= 0.3 is 6.09 Å². The summed E-state index contributed by atoms with van der Waals surface area (Å²) in [5, 5.41) is 3.05.